The normalized spacial score (nSPS) is 11.0. The SMILES string of the molecule is CCN(CC)CCCNC(=O)c1ccc(COc2ccc(Cl)cc2C)o1. The Morgan fingerprint density at radius 2 is 2.00 bits per heavy atom. The van der Waals surface area contributed by atoms with Crippen LogP contribution in [0, 0.1) is 6.92 Å². The molecule has 1 N–H and O–H groups in total. The lowest BCUT2D eigenvalue weighted by Gasteiger charge is -2.17. The van der Waals surface area contributed by atoms with Crippen LogP contribution in [0.3, 0.4) is 0 Å². The summed E-state index contributed by atoms with van der Waals surface area (Å²) >= 11 is 5.94. The number of rotatable bonds is 10. The van der Waals surface area contributed by atoms with Crippen LogP contribution in [0.5, 0.6) is 5.75 Å². The summed E-state index contributed by atoms with van der Waals surface area (Å²) in [6.45, 7) is 10.1. The third-order valence-corrected chi connectivity index (χ3v) is 4.46. The van der Waals surface area contributed by atoms with E-state index in [4.69, 9.17) is 20.8 Å². The molecule has 1 aromatic heterocycles. The standard InChI is InChI=1S/C20H27ClN2O3/c1-4-23(5-2)12-6-11-22-20(24)19-10-8-17(26-19)14-25-18-9-7-16(21)13-15(18)3/h7-10,13H,4-6,11-12,14H2,1-3H3,(H,22,24). The molecular formula is C20H27ClN2O3. The van der Waals surface area contributed by atoms with Gasteiger partial charge in [-0.15, -0.1) is 0 Å². The fourth-order valence-electron chi connectivity index (χ4n) is 2.63. The Bertz CT molecular complexity index is 711. The average molecular weight is 379 g/mol. The highest BCUT2D eigenvalue weighted by molar-refractivity contribution is 6.30. The summed E-state index contributed by atoms with van der Waals surface area (Å²) in [5.74, 6) is 1.46. The molecule has 0 unspecified atom stereocenters. The molecule has 26 heavy (non-hydrogen) atoms. The van der Waals surface area contributed by atoms with E-state index in [-0.39, 0.29) is 12.5 Å². The molecule has 0 saturated carbocycles. The maximum Gasteiger partial charge on any atom is 0.286 e. The molecule has 0 atom stereocenters. The number of furan rings is 1. The molecule has 0 aliphatic heterocycles. The van der Waals surface area contributed by atoms with Gasteiger partial charge in [0.05, 0.1) is 0 Å². The van der Waals surface area contributed by atoms with E-state index in [1.54, 1.807) is 18.2 Å². The fraction of sp³-hybridized carbons (Fsp3) is 0.450. The lowest BCUT2D eigenvalue weighted by atomic mass is 10.2. The minimum Gasteiger partial charge on any atom is -0.485 e. The van der Waals surface area contributed by atoms with Crippen LogP contribution in [0.25, 0.3) is 0 Å². The van der Waals surface area contributed by atoms with E-state index < -0.39 is 0 Å². The lowest BCUT2D eigenvalue weighted by Crippen LogP contribution is -2.29. The number of carbonyl (C=O) groups excluding carboxylic acids is 1. The minimum atomic E-state index is -0.196. The van der Waals surface area contributed by atoms with Crippen LogP contribution >= 0.6 is 11.6 Å². The van der Waals surface area contributed by atoms with E-state index in [1.807, 2.05) is 19.1 Å². The van der Waals surface area contributed by atoms with Crippen LogP contribution in [0.4, 0.5) is 0 Å². The van der Waals surface area contributed by atoms with E-state index in [2.05, 4.69) is 24.1 Å². The van der Waals surface area contributed by atoms with Crippen LogP contribution in [0.15, 0.2) is 34.7 Å². The maximum atomic E-state index is 12.1. The van der Waals surface area contributed by atoms with E-state index in [0.29, 0.717) is 23.1 Å². The summed E-state index contributed by atoms with van der Waals surface area (Å²) < 4.78 is 11.3. The first kappa shape index (κ1) is 20.3. The van der Waals surface area contributed by atoms with Gasteiger partial charge in [-0.2, -0.15) is 0 Å². The number of ether oxygens (including phenoxy) is 1. The summed E-state index contributed by atoms with van der Waals surface area (Å²) in [7, 11) is 0. The second-order valence-corrected chi connectivity index (χ2v) is 6.54. The molecule has 0 radical (unpaired) electrons. The number of amides is 1. The Balaban J connectivity index is 1.78. The largest absolute Gasteiger partial charge is 0.485 e. The number of hydrogen-bond acceptors (Lipinski definition) is 4. The maximum absolute atomic E-state index is 12.1. The Morgan fingerprint density at radius 1 is 1.23 bits per heavy atom. The molecule has 2 aromatic rings. The van der Waals surface area contributed by atoms with Gasteiger partial charge in [0.25, 0.3) is 5.91 Å². The van der Waals surface area contributed by atoms with Crippen LogP contribution in [-0.4, -0.2) is 37.0 Å². The molecule has 0 aliphatic carbocycles. The first-order valence-corrected chi connectivity index (χ1v) is 9.39. The highest BCUT2D eigenvalue weighted by Crippen LogP contribution is 2.23. The average Bonchev–Trinajstić information content (AvgIpc) is 3.10. The Hall–Kier alpha value is -1.98. The number of hydrogen-bond donors (Lipinski definition) is 1. The van der Waals surface area contributed by atoms with E-state index in [9.17, 15) is 4.79 Å². The number of aryl methyl sites for hydroxylation is 1. The zero-order valence-electron chi connectivity index (χ0n) is 15.7. The number of carbonyl (C=O) groups is 1. The molecule has 0 spiro atoms. The molecule has 0 fully saturated rings. The second kappa shape index (κ2) is 10.2. The van der Waals surface area contributed by atoms with Gasteiger partial charge < -0.3 is 19.4 Å². The quantitative estimate of drug-likeness (QED) is 0.627. The Labute approximate surface area is 160 Å². The van der Waals surface area contributed by atoms with Gasteiger partial charge in [0.2, 0.25) is 0 Å². The highest BCUT2D eigenvalue weighted by atomic mass is 35.5. The van der Waals surface area contributed by atoms with Crippen molar-refractivity contribution in [1.29, 1.82) is 0 Å². The molecule has 142 valence electrons. The van der Waals surface area contributed by atoms with Gasteiger partial charge in [0.15, 0.2) is 5.76 Å². The lowest BCUT2D eigenvalue weighted by molar-refractivity contribution is 0.0920. The van der Waals surface area contributed by atoms with Crippen molar-refractivity contribution in [2.45, 2.75) is 33.8 Å². The van der Waals surface area contributed by atoms with Gasteiger partial charge >= 0.3 is 0 Å². The van der Waals surface area contributed by atoms with Crippen molar-refractivity contribution in [3.63, 3.8) is 0 Å². The predicted molar refractivity (Wildman–Crippen MR) is 104 cm³/mol. The summed E-state index contributed by atoms with van der Waals surface area (Å²) in [5.41, 5.74) is 0.954. The number of nitrogens with one attached hydrogen (secondary N) is 1. The van der Waals surface area contributed by atoms with E-state index >= 15 is 0 Å². The summed E-state index contributed by atoms with van der Waals surface area (Å²) in [4.78, 5) is 14.5. The summed E-state index contributed by atoms with van der Waals surface area (Å²) in [5, 5.41) is 3.56. The van der Waals surface area contributed by atoms with Gasteiger partial charge in [-0.1, -0.05) is 25.4 Å². The van der Waals surface area contributed by atoms with Crippen molar-refractivity contribution in [1.82, 2.24) is 10.2 Å². The van der Waals surface area contributed by atoms with Crippen LogP contribution < -0.4 is 10.1 Å². The zero-order valence-corrected chi connectivity index (χ0v) is 16.4. The summed E-state index contributed by atoms with van der Waals surface area (Å²) in [6, 6.07) is 8.88. The van der Waals surface area contributed by atoms with E-state index in [0.717, 1.165) is 37.4 Å². The van der Waals surface area contributed by atoms with E-state index in [1.165, 1.54) is 0 Å². The Morgan fingerprint density at radius 3 is 2.69 bits per heavy atom. The van der Waals surface area contributed by atoms with Crippen molar-refractivity contribution in [2.75, 3.05) is 26.2 Å². The summed E-state index contributed by atoms with van der Waals surface area (Å²) in [6.07, 6.45) is 0.917. The first-order chi connectivity index (χ1) is 12.5. The number of benzene rings is 1. The van der Waals surface area contributed by atoms with Gasteiger partial charge in [-0.3, -0.25) is 4.79 Å². The van der Waals surface area contributed by atoms with Crippen molar-refractivity contribution >= 4 is 17.5 Å². The molecule has 0 saturated heterocycles. The van der Waals surface area contributed by atoms with Gasteiger partial charge in [0.1, 0.15) is 18.1 Å². The predicted octanol–water partition coefficient (Wildman–Crippen LogP) is 4.28. The molecule has 1 amide bonds. The van der Waals surface area contributed by atoms with Crippen molar-refractivity contribution < 1.29 is 13.9 Å². The van der Waals surface area contributed by atoms with Crippen LogP contribution in [-0.2, 0) is 6.61 Å². The molecule has 1 heterocycles. The molecule has 2 rings (SSSR count). The number of halogens is 1. The first-order valence-electron chi connectivity index (χ1n) is 9.01. The van der Waals surface area contributed by atoms with Gasteiger partial charge in [-0.05, 0) is 68.9 Å². The van der Waals surface area contributed by atoms with Crippen molar-refractivity contribution in [3.8, 4) is 5.75 Å². The third-order valence-electron chi connectivity index (χ3n) is 4.22. The molecule has 1 aromatic carbocycles. The smallest absolute Gasteiger partial charge is 0.286 e. The third kappa shape index (κ3) is 6.07. The zero-order chi connectivity index (χ0) is 18.9. The van der Waals surface area contributed by atoms with Crippen molar-refractivity contribution in [3.05, 3.63) is 52.4 Å². The minimum absolute atomic E-state index is 0.196. The van der Waals surface area contributed by atoms with Gasteiger partial charge in [0, 0.05) is 11.6 Å². The van der Waals surface area contributed by atoms with Gasteiger partial charge in [-0.25, -0.2) is 0 Å². The number of nitrogens with zero attached hydrogens (tertiary/aromatic N) is 1. The van der Waals surface area contributed by atoms with Crippen LogP contribution in [0.2, 0.25) is 5.02 Å². The fourth-order valence-corrected chi connectivity index (χ4v) is 2.86. The molecule has 0 aliphatic rings. The Kier molecular flexibility index (Phi) is 8.01. The second-order valence-electron chi connectivity index (χ2n) is 6.10. The molecule has 5 nitrogen and oxygen atoms in total. The monoisotopic (exact) mass is 378 g/mol. The van der Waals surface area contributed by atoms with Crippen molar-refractivity contribution in [2.24, 2.45) is 0 Å². The molecule has 6 heteroatoms. The highest BCUT2D eigenvalue weighted by Gasteiger charge is 2.11. The molecule has 0 bridgehead atoms. The topological polar surface area (TPSA) is 54.7 Å². The molecular weight excluding hydrogens is 352 g/mol. The van der Waals surface area contributed by atoms with Crippen LogP contribution in [0.1, 0.15) is 42.1 Å².